The summed E-state index contributed by atoms with van der Waals surface area (Å²) in [7, 11) is 1.86. The highest BCUT2D eigenvalue weighted by Crippen LogP contribution is 2.42. The summed E-state index contributed by atoms with van der Waals surface area (Å²) in [5, 5.41) is 3.48. The fourth-order valence-electron chi connectivity index (χ4n) is 5.66. The highest BCUT2D eigenvalue weighted by Gasteiger charge is 2.36. The van der Waals surface area contributed by atoms with Crippen LogP contribution in [0.1, 0.15) is 57.8 Å². The molecule has 1 aromatic rings. The number of carbonyl (C=O) groups excluding carboxylic acids is 1. The highest BCUT2D eigenvalue weighted by atomic mass is 16.2. The Morgan fingerprint density at radius 3 is 2.34 bits per heavy atom. The molecule has 1 amide bonds. The van der Waals surface area contributed by atoms with Crippen molar-refractivity contribution in [3.05, 3.63) is 18.5 Å². The smallest absolute Gasteiger partial charge is 0.225 e. The quantitative estimate of drug-likeness (QED) is 0.572. The molecular formula is C24H39N7O. The first kappa shape index (κ1) is 22.8. The minimum Gasteiger partial charge on any atom is -0.356 e. The molecule has 32 heavy (non-hydrogen) atoms. The van der Waals surface area contributed by atoms with Crippen LogP contribution in [0, 0.1) is 5.41 Å². The third kappa shape index (κ3) is 5.70. The van der Waals surface area contributed by atoms with Crippen LogP contribution in [0.4, 0.5) is 5.95 Å². The number of anilines is 1. The first-order chi connectivity index (χ1) is 15.7. The number of amides is 1. The standard InChI is InChI=1S/C24H39N7O/c1-25-22(31-15-6-11-24(20-31)9-4-2-3-5-10-24)28-14-8-21(32)29-16-18-30(19-17-29)23-26-12-7-13-27-23/h7,12-13H,2-6,8-11,14-20H2,1H3,(H,25,28). The molecule has 0 unspecified atom stereocenters. The number of aliphatic imine (C=N–C) groups is 1. The number of nitrogens with one attached hydrogen (secondary N) is 1. The second-order valence-corrected chi connectivity index (χ2v) is 9.58. The average molecular weight is 442 g/mol. The molecule has 1 N–H and O–H groups in total. The summed E-state index contributed by atoms with van der Waals surface area (Å²) in [6.45, 7) is 5.82. The fourth-order valence-corrected chi connectivity index (χ4v) is 5.66. The van der Waals surface area contributed by atoms with Gasteiger partial charge in [0, 0.05) is 71.7 Å². The van der Waals surface area contributed by atoms with Gasteiger partial charge in [-0.2, -0.15) is 0 Å². The van der Waals surface area contributed by atoms with Gasteiger partial charge in [-0.25, -0.2) is 9.97 Å². The SMILES string of the molecule is CN=C(NCCC(=O)N1CCN(c2ncccn2)CC1)N1CCCC2(CCCCCC2)C1. The number of hydrogen-bond acceptors (Lipinski definition) is 5. The molecule has 4 rings (SSSR count). The van der Waals surface area contributed by atoms with E-state index >= 15 is 0 Å². The Morgan fingerprint density at radius 2 is 1.66 bits per heavy atom. The number of piperazine rings is 1. The zero-order valence-electron chi connectivity index (χ0n) is 19.6. The van der Waals surface area contributed by atoms with E-state index in [4.69, 9.17) is 0 Å². The molecule has 3 aliphatic rings. The Labute approximate surface area is 192 Å². The van der Waals surface area contributed by atoms with E-state index in [1.807, 2.05) is 18.0 Å². The van der Waals surface area contributed by atoms with Crippen molar-refractivity contribution < 1.29 is 4.79 Å². The number of piperidine rings is 1. The number of likely N-dealkylation sites (tertiary alicyclic amines) is 1. The number of carbonyl (C=O) groups is 1. The second kappa shape index (κ2) is 11.0. The molecule has 2 aliphatic heterocycles. The van der Waals surface area contributed by atoms with E-state index in [1.165, 1.54) is 51.4 Å². The molecule has 0 atom stereocenters. The number of guanidine groups is 1. The lowest BCUT2D eigenvalue weighted by atomic mass is 9.74. The predicted octanol–water partition coefficient (Wildman–Crippen LogP) is 2.53. The normalized spacial score (nSPS) is 22.0. The van der Waals surface area contributed by atoms with E-state index in [0.717, 1.165) is 51.2 Å². The fraction of sp³-hybridized carbons (Fsp3) is 0.750. The van der Waals surface area contributed by atoms with Crippen LogP contribution < -0.4 is 10.2 Å². The summed E-state index contributed by atoms with van der Waals surface area (Å²) in [6, 6.07) is 1.82. The second-order valence-electron chi connectivity index (χ2n) is 9.58. The van der Waals surface area contributed by atoms with Crippen LogP contribution in [0.25, 0.3) is 0 Å². The van der Waals surface area contributed by atoms with E-state index < -0.39 is 0 Å². The Bertz CT molecular complexity index is 753. The maximum atomic E-state index is 12.8. The minimum atomic E-state index is 0.209. The Hall–Kier alpha value is -2.38. The Kier molecular flexibility index (Phi) is 7.81. The van der Waals surface area contributed by atoms with E-state index in [2.05, 4.69) is 30.1 Å². The van der Waals surface area contributed by atoms with Crippen molar-refractivity contribution in [1.29, 1.82) is 0 Å². The van der Waals surface area contributed by atoms with E-state index in [9.17, 15) is 4.79 Å². The van der Waals surface area contributed by atoms with Gasteiger partial charge in [0.05, 0.1) is 0 Å². The van der Waals surface area contributed by atoms with Gasteiger partial charge < -0.3 is 20.0 Å². The van der Waals surface area contributed by atoms with Crippen molar-refractivity contribution in [3.8, 4) is 0 Å². The molecule has 2 saturated heterocycles. The number of aromatic nitrogens is 2. The maximum Gasteiger partial charge on any atom is 0.225 e. The van der Waals surface area contributed by atoms with Crippen molar-refractivity contribution >= 4 is 17.8 Å². The van der Waals surface area contributed by atoms with Gasteiger partial charge >= 0.3 is 0 Å². The molecule has 3 fully saturated rings. The van der Waals surface area contributed by atoms with Crippen LogP contribution >= 0.6 is 0 Å². The van der Waals surface area contributed by atoms with E-state index in [-0.39, 0.29) is 5.91 Å². The van der Waals surface area contributed by atoms with Crippen molar-refractivity contribution in [2.75, 3.05) is 57.8 Å². The van der Waals surface area contributed by atoms with Gasteiger partial charge in [-0.15, -0.1) is 0 Å². The molecule has 1 aromatic heterocycles. The van der Waals surface area contributed by atoms with Crippen molar-refractivity contribution in [3.63, 3.8) is 0 Å². The number of rotatable bonds is 4. The molecule has 8 heteroatoms. The molecule has 1 aliphatic carbocycles. The lowest BCUT2D eigenvalue weighted by molar-refractivity contribution is -0.131. The maximum absolute atomic E-state index is 12.8. The van der Waals surface area contributed by atoms with Crippen LogP contribution in [-0.4, -0.2) is 84.5 Å². The zero-order chi connectivity index (χ0) is 22.2. The molecule has 0 bridgehead atoms. The first-order valence-corrected chi connectivity index (χ1v) is 12.4. The zero-order valence-corrected chi connectivity index (χ0v) is 19.6. The van der Waals surface area contributed by atoms with Gasteiger partial charge in [-0.3, -0.25) is 9.79 Å². The van der Waals surface area contributed by atoms with Crippen LogP contribution in [0.2, 0.25) is 0 Å². The lowest BCUT2D eigenvalue weighted by Crippen LogP contribution is -2.52. The summed E-state index contributed by atoms with van der Waals surface area (Å²) < 4.78 is 0. The van der Waals surface area contributed by atoms with Gasteiger partial charge in [-0.05, 0) is 37.2 Å². The summed E-state index contributed by atoms with van der Waals surface area (Å²) >= 11 is 0. The van der Waals surface area contributed by atoms with Crippen LogP contribution in [-0.2, 0) is 4.79 Å². The van der Waals surface area contributed by atoms with Gasteiger partial charge in [0.25, 0.3) is 0 Å². The largest absolute Gasteiger partial charge is 0.356 e. The van der Waals surface area contributed by atoms with Gasteiger partial charge in [0.15, 0.2) is 5.96 Å². The van der Waals surface area contributed by atoms with Crippen molar-refractivity contribution in [2.24, 2.45) is 10.4 Å². The monoisotopic (exact) mass is 441 g/mol. The summed E-state index contributed by atoms with van der Waals surface area (Å²) in [4.78, 5) is 32.5. The molecular weight excluding hydrogens is 402 g/mol. The van der Waals surface area contributed by atoms with Gasteiger partial charge in [0.2, 0.25) is 11.9 Å². The molecule has 0 aromatic carbocycles. The molecule has 176 valence electrons. The van der Waals surface area contributed by atoms with Crippen molar-refractivity contribution in [2.45, 2.75) is 57.8 Å². The van der Waals surface area contributed by atoms with Gasteiger partial charge in [-0.1, -0.05) is 25.7 Å². The Morgan fingerprint density at radius 1 is 0.969 bits per heavy atom. The Balaban J connectivity index is 1.21. The third-order valence-electron chi connectivity index (χ3n) is 7.43. The molecule has 0 radical (unpaired) electrons. The topological polar surface area (TPSA) is 77.0 Å². The van der Waals surface area contributed by atoms with Crippen molar-refractivity contribution in [1.82, 2.24) is 25.1 Å². The third-order valence-corrected chi connectivity index (χ3v) is 7.43. The molecule has 8 nitrogen and oxygen atoms in total. The van der Waals surface area contributed by atoms with E-state index in [1.54, 1.807) is 12.4 Å². The predicted molar refractivity (Wildman–Crippen MR) is 128 cm³/mol. The number of nitrogens with zero attached hydrogens (tertiary/aromatic N) is 6. The highest BCUT2D eigenvalue weighted by molar-refractivity contribution is 5.81. The van der Waals surface area contributed by atoms with E-state index in [0.29, 0.717) is 18.4 Å². The minimum absolute atomic E-state index is 0.209. The first-order valence-electron chi connectivity index (χ1n) is 12.4. The number of hydrogen-bond donors (Lipinski definition) is 1. The van der Waals surface area contributed by atoms with Crippen LogP contribution in [0.3, 0.4) is 0 Å². The molecule has 1 saturated carbocycles. The average Bonchev–Trinajstić information content (AvgIpc) is 3.07. The lowest BCUT2D eigenvalue weighted by Gasteiger charge is -2.44. The van der Waals surface area contributed by atoms with Crippen LogP contribution in [0.5, 0.6) is 0 Å². The summed E-state index contributed by atoms with van der Waals surface area (Å²) in [5.74, 6) is 1.92. The molecule has 3 heterocycles. The van der Waals surface area contributed by atoms with Crippen LogP contribution in [0.15, 0.2) is 23.5 Å². The summed E-state index contributed by atoms with van der Waals surface area (Å²) in [6.07, 6.45) is 14.9. The summed E-state index contributed by atoms with van der Waals surface area (Å²) in [5.41, 5.74) is 0.477. The van der Waals surface area contributed by atoms with Gasteiger partial charge in [0.1, 0.15) is 0 Å². The molecule has 1 spiro atoms.